The van der Waals surface area contributed by atoms with Crippen LogP contribution in [-0.2, 0) is 28.4 Å². The second-order valence-electron chi connectivity index (χ2n) is 7.21. The molecule has 1 aromatic heterocycles. The summed E-state index contributed by atoms with van der Waals surface area (Å²) < 4.78 is 34.5. The molecule has 0 aliphatic carbocycles. The lowest BCUT2D eigenvalue weighted by molar-refractivity contribution is -0.123. The van der Waals surface area contributed by atoms with Crippen LogP contribution in [0.2, 0.25) is 5.02 Å². The van der Waals surface area contributed by atoms with Gasteiger partial charge in [0.05, 0.1) is 10.4 Å². The van der Waals surface area contributed by atoms with Crippen molar-refractivity contribution < 1.29 is 17.6 Å². The second kappa shape index (κ2) is 8.63. The van der Waals surface area contributed by atoms with Crippen LogP contribution in [0, 0.1) is 5.92 Å². The fourth-order valence-corrected chi connectivity index (χ4v) is 4.50. The summed E-state index contributed by atoms with van der Waals surface area (Å²) in [6.07, 6.45) is 0. The number of nitrogens with zero attached hydrogens (tertiary/aromatic N) is 1. The molecule has 0 aliphatic heterocycles. The molecule has 160 valence electrons. The predicted octanol–water partition coefficient (Wildman–Crippen LogP) is 2.40. The molecule has 1 amide bonds. The van der Waals surface area contributed by atoms with Crippen LogP contribution in [0.25, 0.3) is 11.1 Å². The fourth-order valence-electron chi connectivity index (χ4n) is 2.94. The van der Waals surface area contributed by atoms with Gasteiger partial charge >= 0.3 is 5.76 Å². The molecule has 3 aromatic rings. The van der Waals surface area contributed by atoms with Gasteiger partial charge in [0.15, 0.2) is 5.58 Å². The zero-order valence-electron chi connectivity index (χ0n) is 16.7. The van der Waals surface area contributed by atoms with E-state index in [1.165, 1.54) is 29.8 Å². The Morgan fingerprint density at radius 2 is 1.90 bits per heavy atom. The van der Waals surface area contributed by atoms with Gasteiger partial charge in [-0.3, -0.25) is 9.36 Å². The molecule has 0 unspecified atom stereocenters. The van der Waals surface area contributed by atoms with Crippen LogP contribution in [0.3, 0.4) is 0 Å². The standard InChI is InChI=1S/C20H22ClN3O5S/c1-12(2)18(19(25)22-11-13-6-4-5-7-15(13)21)23-30(27,28)14-8-9-16-17(10-14)29-20(26)24(16)3/h4-10,12,18,23H,11H2,1-3H3,(H,22,25)/t18-/m0/s1. The lowest BCUT2D eigenvalue weighted by atomic mass is 10.0. The van der Waals surface area contributed by atoms with E-state index in [9.17, 15) is 18.0 Å². The molecule has 1 atom stereocenters. The van der Waals surface area contributed by atoms with E-state index in [-0.39, 0.29) is 22.9 Å². The second-order valence-corrected chi connectivity index (χ2v) is 9.33. The Balaban J connectivity index is 1.80. The molecule has 1 heterocycles. The number of aryl methyl sites for hydroxylation is 1. The quantitative estimate of drug-likeness (QED) is 0.573. The number of nitrogens with one attached hydrogen (secondary N) is 2. The summed E-state index contributed by atoms with van der Waals surface area (Å²) in [6, 6.07) is 10.2. The van der Waals surface area contributed by atoms with Gasteiger partial charge in [0.2, 0.25) is 15.9 Å². The maximum absolute atomic E-state index is 12.9. The normalized spacial score (nSPS) is 13.0. The van der Waals surface area contributed by atoms with Crippen molar-refractivity contribution in [3.05, 3.63) is 63.6 Å². The number of rotatable bonds is 7. The van der Waals surface area contributed by atoms with Crippen molar-refractivity contribution in [3.8, 4) is 0 Å². The molecular weight excluding hydrogens is 430 g/mol. The van der Waals surface area contributed by atoms with Gasteiger partial charge in [-0.25, -0.2) is 13.2 Å². The number of oxazole rings is 1. The van der Waals surface area contributed by atoms with E-state index < -0.39 is 27.7 Å². The maximum atomic E-state index is 12.9. The van der Waals surface area contributed by atoms with Crippen molar-refractivity contribution in [2.45, 2.75) is 31.3 Å². The molecule has 0 bridgehead atoms. The molecular formula is C20H22ClN3O5S. The van der Waals surface area contributed by atoms with Crippen LogP contribution >= 0.6 is 11.6 Å². The lowest BCUT2D eigenvalue weighted by Gasteiger charge is -2.22. The van der Waals surface area contributed by atoms with Crippen LogP contribution in [-0.4, -0.2) is 24.9 Å². The minimum Gasteiger partial charge on any atom is -0.408 e. The molecule has 3 rings (SSSR count). The minimum atomic E-state index is -4.04. The molecule has 0 radical (unpaired) electrons. The smallest absolute Gasteiger partial charge is 0.408 e. The van der Waals surface area contributed by atoms with E-state index in [0.717, 1.165) is 5.56 Å². The van der Waals surface area contributed by atoms with E-state index in [4.69, 9.17) is 16.0 Å². The summed E-state index contributed by atoms with van der Waals surface area (Å²) in [5.74, 6) is -1.38. The number of sulfonamides is 1. The van der Waals surface area contributed by atoms with Crippen molar-refractivity contribution in [3.63, 3.8) is 0 Å². The topological polar surface area (TPSA) is 110 Å². The number of aromatic nitrogens is 1. The van der Waals surface area contributed by atoms with E-state index in [0.29, 0.717) is 10.5 Å². The van der Waals surface area contributed by atoms with Gasteiger partial charge in [-0.05, 0) is 29.7 Å². The molecule has 2 N–H and O–H groups in total. The first-order valence-electron chi connectivity index (χ1n) is 9.23. The Labute approximate surface area is 178 Å². The number of benzene rings is 2. The molecule has 0 spiro atoms. The average Bonchev–Trinajstić information content (AvgIpc) is 2.98. The molecule has 8 nitrogen and oxygen atoms in total. The highest BCUT2D eigenvalue weighted by Crippen LogP contribution is 2.19. The number of hydrogen-bond donors (Lipinski definition) is 2. The number of carbonyl (C=O) groups is 1. The SMILES string of the molecule is CC(C)[C@H](NS(=O)(=O)c1ccc2c(c1)oc(=O)n2C)C(=O)NCc1ccccc1Cl. The summed E-state index contributed by atoms with van der Waals surface area (Å²) in [7, 11) is -2.52. The number of halogens is 1. The summed E-state index contributed by atoms with van der Waals surface area (Å²) in [4.78, 5) is 24.2. The van der Waals surface area contributed by atoms with Crippen molar-refractivity contribution in [2.75, 3.05) is 0 Å². The fraction of sp³-hybridized carbons (Fsp3) is 0.300. The van der Waals surface area contributed by atoms with E-state index in [2.05, 4.69) is 10.0 Å². The van der Waals surface area contributed by atoms with Gasteiger partial charge < -0.3 is 9.73 Å². The molecule has 10 heteroatoms. The van der Waals surface area contributed by atoms with Crippen LogP contribution in [0.15, 0.2) is 56.6 Å². The largest absolute Gasteiger partial charge is 0.419 e. The van der Waals surface area contributed by atoms with Crippen molar-refractivity contribution >= 4 is 38.6 Å². The number of carbonyl (C=O) groups excluding carboxylic acids is 1. The van der Waals surface area contributed by atoms with E-state index >= 15 is 0 Å². The Hall–Kier alpha value is -2.62. The Bertz CT molecular complexity index is 1250. The Morgan fingerprint density at radius 3 is 2.57 bits per heavy atom. The van der Waals surface area contributed by atoms with Gasteiger partial charge in [-0.1, -0.05) is 43.6 Å². The number of fused-ring (bicyclic) bond motifs is 1. The molecule has 0 saturated heterocycles. The molecule has 0 aliphatic rings. The Morgan fingerprint density at radius 1 is 1.20 bits per heavy atom. The predicted molar refractivity (Wildman–Crippen MR) is 114 cm³/mol. The van der Waals surface area contributed by atoms with Crippen LogP contribution in [0.5, 0.6) is 0 Å². The van der Waals surface area contributed by atoms with E-state index in [1.54, 1.807) is 38.1 Å². The third-order valence-electron chi connectivity index (χ3n) is 4.72. The monoisotopic (exact) mass is 451 g/mol. The zero-order valence-corrected chi connectivity index (χ0v) is 18.3. The highest BCUT2D eigenvalue weighted by Gasteiger charge is 2.29. The lowest BCUT2D eigenvalue weighted by Crippen LogP contribution is -2.49. The zero-order chi connectivity index (χ0) is 22.1. The molecule has 30 heavy (non-hydrogen) atoms. The van der Waals surface area contributed by atoms with Gasteiger partial charge in [0.25, 0.3) is 0 Å². The summed E-state index contributed by atoms with van der Waals surface area (Å²) in [5, 5.41) is 3.23. The van der Waals surface area contributed by atoms with Crippen LogP contribution < -0.4 is 15.8 Å². The van der Waals surface area contributed by atoms with Gasteiger partial charge in [0.1, 0.15) is 6.04 Å². The third-order valence-corrected chi connectivity index (χ3v) is 6.52. The van der Waals surface area contributed by atoms with Crippen molar-refractivity contribution in [2.24, 2.45) is 13.0 Å². The summed E-state index contributed by atoms with van der Waals surface area (Å²) in [6.45, 7) is 3.65. The van der Waals surface area contributed by atoms with Crippen molar-refractivity contribution in [1.82, 2.24) is 14.6 Å². The minimum absolute atomic E-state index is 0.103. The highest BCUT2D eigenvalue weighted by molar-refractivity contribution is 7.89. The van der Waals surface area contributed by atoms with Crippen LogP contribution in [0.4, 0.5) is 0 Å². The molecule has 0 saturated carbocycles. The average molecular weight is 452 g/mol. The highest BCUT2D eigenvalue weighted by atomic mass is 35.5. The van der Waals surface area contributed by atoms with Crippen molar-refractivity contribution in [1.29, 1.82) is 0 Å². The first kappa shape index (κ1) is 22.1. The third kappa shape index (κ3) is 4.58. The molecule has 0 fully saturated rings. The number of hydrogen-bond acceptors (Lipinski definition) is 5. The first-order valence-corrected chi connectivity index (χ1v) is 11.1. The summed E-state index contributed by atoms with van der Waals surface area (Å²) >= 11 is 6.10. The van der Waals surface area contributed by atoms with Gasteiger partial charge in [-0.2, -0.15) is 4.72 Å². The van der Waals surface area contributed by atoms with Crippen LogP contribution in [0.1, 0.15) is 19.4 Å². The van der Waals surface area contributed by atoms with E-state index in [1.807, 2.05) is 0 Å². The Kier molecular flexibility index (Phi) is 6.35. The van der Waals surface area contributed by atoms with Gasteiger partial charge in [0, 0.05) is 24.7 Å². The molecule has 2 aromatic carbocycles. The van der Waals surface area contributed by atoms with Gasteiger partial charge in [-0.15, -0.1) is 0 Å². The summed E-state index contributed by atoms with van der Waals surface area (Å²) in [5.41, 5.74) is 1.34. The number of amides is 1. The first-order chi connectivity index (χ1) is 14.1. The maximum Gasteiger partial charge on any atom is 0.419 e.